The first-order chi connectivity index (χ1) is 24.1. The number of alkyl halides is 3. The number of halogens is 5. The Bertz CT molecular complexity index is 1890. The van der Waals surface area contributed by atoms with Crippen molar-refractivity contribution in [3.63, 3.8) is 0 Å². The first kappa shape index (κ1) is 36.5. The number of carbonyl (C=O) groups is 1. The average Bonchev–Trinajstić information content (AvgIpc) is 3.53. The van der Waals surface area contributed by atoms with Gasteiger partial charge >= 0.3 is 12.2 Å². The molecule has 0 bridgehead atoms. The number of nitrogens with zero attached hydrogens (tertiary/aromatic N) is 2. The molecule has 0 saturated heterocycles. The number of aromatic nitrogens is 2. The Hall–Kier alpha value is -4.74. The van der Waals surface area contributed by atoms with E-state index in [1.807, 2.05) is 23.5 Å². The molecule has 3 heterocycles. The molecule has 0 aliphatic rings. The summed E-state index contributed by atoms with van der Waals surface area (Å²) in [5, 5.41) is 7.58. The molecule has 0 atom stereocenters. The predicted octanol–water partition coefficient (Wildman–Crippen LogP) is 7.86. The molecule has 0 saturated carbocycles. The lowest BCUT2D eigenvalue weighted by Crippen LogP contribution is -2.20. The van der Waals surface area contributed by atoms with Gasteiger partial charge in [-0.05, 0) is 48.0 Å². The van der Waals surface area contributed by atoms with E-state index in [0.717, 1.165) is 22.2 Å². The molecule has 3 aromatic heterocycles. The molecule has 0 aliphatic heterocycles. The third-order valence-electron chi connectivity index (χ3n) is 6.96. The molecule has 0 aliphatic carbocycles. The number of pyridine rings is 2. The fourth-order valence-corrected chi connectivity index (χ4v) is 5.54. The normalized spacial score (nSPS) is 11.6. The molecular weight excluding hydrogens is 685 g/mol. The van der Waals surface area contributed by atoms with Gasteiger partial charge in [0.1, 0.15) is 11.6 Å². The van der Waals surface area contributed by atoms with Crippen LogP contribution >= 0.6 is 11.3 Å². The molecule has 2 aromatic carbocycles. The van der Waals surface area contributed by atoms with E-state index in [1.54, 1.807) is 19.4 Å². The van der Waals surface area contributed by atoms with Gasteiger partial charge in [-0.25, -0.2) is 13.6 Å². The van der Waals surface area contributed by atoms with Crippen molar-refractivity contribution in [2.45, 2.75) is 12.7 Å². The first-order valence-electron chi connectivity index (χ1n) is 15.2. The molecule has 50 heavy (non-hydrogen) atoms. The SMILES string of the molecule is COCCOCCOCCNCc1ccc(-c2cc3nccc(Oc4ccc(NC(=O)Nc5cc(C(F)(F)F)ccc5F)cc4F)c3s2)nc1. The highest BCUT2D eigenvalue weighted by Gasteiger charge is 2.31. The lowest BCUT2D eigenvalue weighted by atomic mass is 10.2. The second-order valence-corrected chi connectivity index (χ2v) is 11.7. The lowest BCUT2D eigenvalue weighted by molar-refractivity contribution is -0.137. The number of methoxy groups -OCH3 is 1. The van der Waals surface area contributed by atoms with Crippen LogP contribution in [-0.2, 0) is 26.9 Å². The van der Waals surface area contributed by atoms with Crippen LogP contribution < -0.4 is 20.7 Å². The van der Waals surface area contributed by atoms with E-state index in [-0.39, 0.29) is 11.4 Å². The largest absolute Gasteiger partial charge is 0.453 e. The van der Waals surface area contributed by atoms with Crippen molar-refractivity contribution in [1.29, 1.82) is 0 Å². The van der Waals surface area contributed by atoms with E-state index in [1.165, 1.54) is 29.7 Å². The van der Waals surface area contributed by atoms with Gasteiger partial charge in [-0.15, -0.1) is 11.3 Å². The Balaban J connectivity index is 1.15. The van der Waals surface area contributed by atoms with Crippen LogP contribution in [0.1, 0.15) is 11.1 Å². The van der Waals surface area contributed by atoms with Crippen LogP contribution in [0.3, 0.4) is 0 Å². The number of anilines is 2. The fourth-order valence-electron chi connectivity index (χ4n) is 4.50. The van der Waals surface area contributed by atoms with Crippen molar-refractivity contribution in [1.82, 2.24) is 15.3 Å². The number of hydrogen-bond acceptors (Lipinski definition) is 9. The Morgan fingerprint density at radius 3 is 2.38 bits per heavy atom. The third-order valence-corrected chi connectivity index (χ3v) is 8.12. The lowest BCUT2D eigenvalue weighted by Gasteiger charge is -2.12. The Morgan fingerprint density at radius 2 is 1.64 bits per heavy atom. The maximum Gasteiger partial charge on any atom is 0.416 e. The van der Waals surface area contributed by atoms with Crippen molar-refractivity contribution in [3.8, 4) is 22.1 Å². The number of benzene rings is 2. The zero-order valence-corrected chi connectivity index (χ0v) is 27.4. The Labute approximate surface area is 287 Å². The third kappa shape index (κ3) is 10.1. The average molecular weight is 718 g/mol. The zero-order chi connectivity index (χ0) is 35.5. The number of hydrogen-bond donors (Lipinski definition) is 3. The Kier molecular flexibility index (Phi) is 12.6. The quantitative estimate of drug-likeness (QED) is 0.0698. The smallest absolute Gasteiger partial charge is 0.416 e. The highest BCUT2D eigenvalue weighted by atomic mass is 32.1. The van der Waals surface area contributed by atoms with Crippen LogP contribution in [0.4, 0.5) is 38.1 Å². The summed E-state index contributed by atoms with van der Waals surface area (Å²) in [5.41, 5.74) is 0.466. The van der Waals surface area contributed by atoms with Crippen LogP contribution in [-0.4, -0.2) is 62.7 Å². The predicted molar refractivity (Wildman–Crippen MR) is 179 cm³/mol. The van der Waals surface area contributed by atoms with E-state index in [2.05, 4.69) is 20.6 Å². The number of thiophene rings is 1. The van der Waals surface area contributed by atoms with E-state index in [0.29, 0.717) is 80.3 Å². The summed E-state index contributed by atoms with van der Waals surface area (Å²) in [6, 6.07) is 11.4. The topological polar surface area (TPSA) is 116 Å². The molecule has 5 aromatic rings. The summed E-state index contributed by atoms with van der Waals surface area (Å²) in [7, 11) is 1.62. The van der Waals surface area contributed by atoms with Gasteiger partial charge in [-0.3, -0.25) is 9.97 Å². The molecule has 3 N–H and O–H groups in total. The van der Waals surface area contributed by atoms with Crippen LogP contribution in [0.15, 0.2) is 73.1 Å². The first-order valence-corrected chi connectivity index (χ1v) is 16.0. The summed E-state index contributed by atoms with van der Waals surface area (Å²) < 4.78 is 90.3. The van der Waals surface area contributed by atoms with E-state index in [4.69, 9.17) is 18.9 Å². The number of fused-ring (bicyclic) bond motifs is 1. The van der Waals surface area contributed by atoms with Crippen molar-refractivity contribution >= 4 is 39.0 Å². The van der Waals surface area contributed by atoms with Crippen molar-refractivity contribution in [2.24, 2.45) is 0 Å². The van der Waals surface area contributed by atoms with Gasteiger partial charge in [0.2, 0.25) is 0 Å². The van der Waals surface area contributed by atoms with Crippen molar-refractivity contribution < 1.29 is 45.7 Å². The van der Waals surface area contributed by atoms with Crippen LogP contribution in [0, 0.1) is 11.6 Å². The van der Waals surface area contributed by atoms with E-state index < -0.39 is 35.1 Å². The molecule has 0 unspecified atom stereocenters. The summed E-state index contributed by atoms with van der Waals surface area (Å²) in [5.74, 6) is -1.72. The molecule has 0 spiro atoms. The minimum Gasteiger partial charge on any atom is -0.453 e. The summed E-state index contributed by atoms with van der Waals surface area (Å²) in [6.07, 6.45) is -1.42. The van der Waals surface area contributed by atoms with Crippen molar-refractivity contribution in [3.05, 3.63) is 95.8 Å². The van der Waals surface area contributed by atoms with Gasteiger partial charge in [0.15, 0.2) is 11.6 Å². The standard InChI is InChI=1S/C34H32F5N5O5S/c1-46-12-13-48-15-14-47-11-10-40-19-21-2-6-26(42-20-21)31-18-28-32(50-31)30(8-9-41-28)49-29-7-4-23(17-25(29)36)43-33(45)44-27-16-22(34(37,38)39)3-5-24(27)35/h2-9,16-18,20,40H,10-15,19H2,1H3,(H2,43,44,45). The molecule has 10 nitrogen and oxygen atoms in total. The maximum atomic E-state index is 15.1. The monoisotopic (exact) mass is 717 g/mol. The highest BCUT2D eigenvalue weighted by Crippen LogP contribution is 2.39. The zero-order valence-electron chi connectivity index (χ0n) is 26.6. The van der Waals surface area contributed by atoms with Gasteiger partial charge in [-0.2, -0.15) is 13.2 Å². The van der Waals surface area contributed by atoms with Gasteiger partial charge in [0.25, 0.3) is 0 Å². The molecular formula is C34H32F5N5O5S. The number of nitrogens with one attached hydrogen (secondary N) is 3. The number of rotatable bonds is 16. The fraction of sp³-hybridized carbons (Fsp3) is 0.265. The number of urea groups is 1. The second-order valence-electron chi connectivity index (χ2n) is 10.6. The second kappa shape index (κ2) is 17.3. The summed E-state index contributed by atoms with van der Waals surface area (Å²) >= 11 is 1.37. The Morgan fingerprint density at radius 1 is 0.840 bits per heavy atom. The summed E-state index contributed by atoms with van der Waals surface area (Å²) in [6.45, 7) is 3.96. The number of ether oxygens (including phenoxy) is 4. The number of carbonyl (C=O) groups excluding carboxylic acids is 1. The van der Waals surface area contributed by atoms with Gasteiger partial charge in [0, 0.05) is 50.4 Å². The maximum absolute atomic E-state index is 15.1. The molecule has 5 rings (SSSR count). The molecule has 2 amide bonds. The number of amides is 2. The van der Waals surface area contributed by atoms with E-state index >= 15 is 4.39 Å². The van der Waals surface area contributed by atoms with Crippen LogP contribution in [0.5, 0.6) is 11.5 Å². The van der Waals surface area contributed by atoms with Crippen LogP contribution in [0.2, 0.25) is 0 Å². The minimum atomic E-state index is -4.73. The van der Waals surface area contributed by atoms with Gasteiger partial charge in [0.05, 0.1) is 65.1 Å². The van der Waals surface area contributed by atoms with Crippen LogP contribution in [0.25, 0.3) is 20.8 Å². The van der Waals surface area contributed by atoms with Crippen molar-refractivity contribution in [2.75, 3.05) is 57.3 Å². The van der Waals surface area contributed by atoms with Gasteiger partial charge in [-0.1, -0.05) is 6.07 Å². The molecule has 0 radical (unpaired) electrons. The molecule has 16 heteroatoms. The summed E-state index contributed by atoms with van der Waals surface area (Å²) in [4.78, 5) is 22.2. The van der Waals surface area contributed by atoms with Gasteiger partial charge < -0.3 is 34.9 Å². The molecule has 264 valence electrons. The minimum absolute atomic E-state index is 0.0457. The van der Waals surface area contributed by atoms with E-state index in [9.17, 15) is 22.4 Å². The molecule has 0 fully saturated rings. The highest BCUT2D eigenvalue weighted by molar-refractivity contribution is 7.22.